The molecule has 0 unspecified atom stereocenters. The van der Waals surface area contributed by atoms with Gasteiger partial charge in [-0.3, -0.25) is 9.59 Å². The predicted octanol–water partition coefficient (Wildman–Crippen LogP) is 1.59. The maximum absolute atomic E-state index is 11.6. The van der Waals surface area contributed by atoms with Gasteiger partial charge in [0.25, 0.3) is 0 Å². The van der Waals surface area contributed by atoms with Crippen LogP contribution in [0.3, 0.4) is 0 Å². The summed E-state index contributed by atoms with van der Waals surface area (Å²) in [4.78, 5) is 22.8. The Kier molecular flexibility index (Phi) is 3.84. The van der Waals surface area contributed by atoms with Gasteiger partial charge in [0.05, 0.1) is 17.3 Å². The summed E-state index contributed by atoms with van der Waals surface area (Å²) in [6, 6.07) is 4.90. The number of halogens is 1. The van der Waals surface area contributed by atoms with Crippen molar-refractivity contribution in [1.29, 1.82) is 0 Å². The molecule has 1 aromatic rings. The van der Waals surface area contributed by atoms with Gasteiger partial charge in [0, 0.05) is 11.6 Å². The fourth-order valence-electron chi connectivity index (χ4n) is 1.49. The van der Waals surface area contributed by atoms with E-state index in [9.17, 15) is 9.59 Å². The number of carbonyl (C=O) groups excluding carboxylic acids is 2. The molecule has 0 saturated heterocycles. The zero-order valence-electron chi connectivity index (χ0n) is 9.70. The van der Waals surface area contributed by atoms with E-state index in [0.29, 0.717) is 16.4 Å². The van der Waals surface area contributed by atoms with Crippen LogP contribution in [-0.4, -0.2) is 18.4 Å². The minimum absolute atomic E-state index is 0.0285. The number of nitrogens with two attached hydrogens (primary N) is 1. The van der Waals surface area contributed by atoms with E-state index in [4.69, 9.17) is 17.3 Å². The van der Waals surface area contributed by atoms with E-state index in [1.807, 2.05) is 0 Å². The minimum Gasteiger partial charge on any atom is -0.325 e. The molecular weight excluding hydrogens is 254 g/mol. The second-order valence-corrected chi connectivity index (χ2v) is 4.62. The molecular formula is C12H14ClN3O2. The summed E-state index contributed by atoms with van der Waals surface area (Å²) in [5, 5.41) is 5.79. The van der Waals surface area contributed by atoms with Crippen LogP contribution < -0.4 is 16.4 Å². The molecule has 0 aliphatic heterocycles. The Morgan fingerprint density at radius 1 is 1.33 bits per heavy atom. The van der Waals surface area contributed by atoms with E-state index < -0.39 is 0 Å². The molecule has 1 aromatic carbocycles. The Morgan fingerprint density at radius 2 is 2.06 bits per heavy atom. The van der Waals surface area contributed by atoms with Crippen LogP contribution in [-0.2, 0) is 9.59 Å². The SMILES string of the molecule is NCC(=O)Nc1ccc(Cl)c(NC(=O)C2CC2)c1. The molecule has 1 saturated carbocycles. The largest absolute Gasteiger partial charge is 0.325 e. The molecule has 18 heavy (non-hydrogen) atoms. The number of nitrogens with one attached hydrogen (secondary N) is 2. The van der Waals surface area contributed by atoms with E-state index in [1.54, 1.807) is 18.2 Å². The van der Waals surface area contributed by atoms with Gasteiger partial charge in [-0.2, -0.15) is 0 Å². The summed E-state index contributed by atoms with van der Waals surface area (Å²) in [6.07, 6.45) is 1.85. The standard InChI is InChI=1S/C12H14ClN3O2/c13-9-4-3-8(15-11(17)6-14)5-10(9)16-12(18)7-1-2-7/h3-5,7H,1-2,6,14H2,(H,15,17)(H,16,18). The maximum Gasteiger partial charge on any atom is 0.238 e. The summed E-state index contributed by atoms with van der Waals surface area (Å²) < 4.78 is 0. The van der Waals surface area contributed by atoms with Crippen LogP contribution in [0.4, 0.5) is 11.4 Å². The second-order valence-electron chi connectivity index (χ2n) is 4.21. The number of anilines is 2. The van der Waals surface area contributed by atoms with Gasteiger partial charge in [0.15, 0.2) is 0 Å². The van der Waals surface area contributed by atoms with Gasteiger partial charge in [0.1, 0.15) is 0 Å². The summed E-state index contributed by atoms with van der Waals surface area (Å²) in [5.74, 6) is -0.223. The summed E-state index contributed by atoms with van der Waals surface area (Å²) in [6.45, 7) is -0.0909. The molecule has 2 amide bonds. The van der Waals surface area contributed by atoms with Gasteiger partial charge < -0.3 is 16.4 Å². The maximum atomic E-state index is 11.6. The number of hydrogen-bond donors (Lipinski definition) is 3. The molecule has 0 spiro atoms. The van der Waals surface area contributed by atoms with Crippen molar-refractivity contribution in [2.75, 3.05) is 17.2 Å². The number of rotatable bonds is 4. The van der Waals surface area contributed by atoms with Crippen molar-refractivity contribution in [3.05, 3.63) is 23.2 Å². The highest BCUT2D eigenvalue weighted by Gasteiger charge is 2.29. The van der Waals surface area contributed by atoms with Crippen LogP contribution in [0.1, 0.15) is 12.8 Å². The molecule has 0 radical (unpaired) electrons. The molecule has 4 N–H and O–H groups in total. The Labute approximate surface area is 110 Å². The molecule has 0 aromatic heterocycles. The zero-order chi connectivity index (χ0) is 13.1. The highest BCUT2D eigenvalue weighted by atomic mass is 35.5. The molecule has 2 rings (SSSR count). The van der Waals surface area contributed by atoms with Crippen LogP contribution >= 0.6 is 11.6 Å². The fourth-order valence-corrected chi connectivity index (χ4v) is 1.66. The van der Waals surface area contributed by atoms with Gasteiger partial charge >= 0.3 is 0 Å². The van der Waals surface area contributed by atoms with Gasteiger partial charge in [-0.1, -0.05) is 11.6 Å². The van der Waals surface area contributed by atoms with Crippen molar-refractivity contribution in [2.24, 2.45) is 11.7 Å². The van der Waals surface area contributed by atoms with Crippen molar-refractivity contribution in [3.63, 3.8) is 0 Å². The smallest absolute Gasteiger partial charge is 0.238 e. The Morgan fingerprint density at radius 3 is 2.67 bits per heavy atom. The van der Waals surface area contributed by atoms with Crippen LogP contribution in [0.5, 0.6) is 0 Å². The summed E-state index contributed by atoms with van der Waals surface area (Å²) in [7, 11) is 0. The average Bonchev–Trinajstić information content (AvgIpc) is 3.17. The lowest BCUT2D eigenvalue weighted by Gasteiger charge is -2.09. The van der Waals surface area contributed by atoms with Crippen molar-refractivity contribution >= 4 is 34.8 Å². The highest BCUT2D eigenvalue weighted by Crippen LogP contribution is 2.32. The molecule has 1 aliphatic carbocycles. The normalized spacial score (nSPS) is 14.1. The zero-order valence-corrected chi connectivity index (χ0v) is 10.5. The quantitative estimate of drug-likeness (QED) is 0.774. The van der Waals surface area contributed by atoms with Crippen LogP contribution in [0.25, 0.3) is 0 Å². The molecule has 0 heterocycles. The van der Waals surface area contributed by atoms with Gasteiger partial charge in [0.2, 0.25) is 11.8 Å². The molecule has 5 nitrogen and oxygen atoms in total. The van der Waals surface area contributed by atoms with Crippen molar-refractivity contribution in [3.8, 4) is 0 Å². The first-order chi connectivity index (χ1) is 8.60. The van der Waals surface area contributed by atoms with Gasteiger partial charge in [-0.15, -0.1) is 0 Å². The van der Waals surface area contributed by atoms with Crippen molar-refractivity contribution < 1.29 is 9.59 Å². The van der Waals surface area contributed by atoms with Gasteiger partial charge in [-0.25, -0.2) is 0 Å². The Hall–Kier alpha value is -1.59. The lowest BCUT2D eigenvalue weighted by Crippen LogP contribution is -2.22. The molecule has 6 heteroatoms. The van der Waals surface area contributed by atoms with Crippen LogP contribution in [0.15, 0.2) is 18.2 Å². The van der Waals surface area contributed by atoms with E-state index >= 15 is 0 Å². The molecule has 1 fully saturated rings. The van der Waals surface area contributed by atoms with Crippen molar-refractivity contribution in [1.82, 2.24) is 0 Å². The number of benzene rings is 1. The first kappa shape index (κ1) is 12.9. The number of carbonyl (C=O) groups is 2. The number of hydrogen-bond acceptors (Lipinski definition) is 3. The summed E-state index contributed by atoms with van der Waals surface area (Å²) >= 11 is 5.98. The molecule has 0 atom stereocenters. The predicted molar refractivity (Wildman–Crippen MR) is 70.5 cm³/mol. The minimum atomic E-state index is -0.295. The first-order valence-electron chi connectivity index (χ1n) is 5.70. The highest BCUT2D eigenvalue weighted by molar-refractivity contribution is 6.33. The third-order valence-electron chi connectivity index (χ3n) is 2.64. The first-order valence-corrected chi connectivity index (χ1v) is 6.08. The van der Waals surface area contributed by atoms with E-state index in [0.717, 1.165) is 12.8 Å². The van der Waals surface area contributed by atoms with Crippen LogP contribution in [0, 0.1) is 5.92 Å². The third kappa shape index (κ3) is 3.21. The monoisotopic (exact) mass is 267 g/mol. The average molecular weight is 268 g/mol. The fraction of sp³-hybridized carbons (Fsp3) is 0.333. The number of amides is 2. The third-order valence-corrected chi connectivity index (χ3v) is 2.97. The molecule has 96 valence electrons. The van der Waals surface area contributed by atoms with E-state index in [-0.39, 0.29) is 24.3 Å². The lowest BCUT2D eigenvalue weighted by molar-refractivity contribution is -0.117. The Balaban J connectivity index is 2.10. The van der Waals surface area contributed by atoms with E-state index in [1.165, 1.54) is 0 Å². The Bertz CT molecular complexity index is 486. The lowest BCUT2D eigenvalue weighted by atomic mass is 10.2. The topological polar surface area (TPSA) is 84.2 Å². The molecule has 1 aliphatic rings. The van der Waals surface area contributed by atoms with E-state index in [2.05, 4.69) is 10.6 Å². The van der Waals surface area contributed by atoms with Gasteiger partial charge in [-0.05, 0) is 31.0 Å². The van der Waals surface area contributed by atoms with Crippen molar-refractivity contribution in [2.45, 2.75) is 12.8 Å². The molecule has 0 bridgehead atoms. The summed E-state index contributed by atoms with van der Waals surface area (Å²) in [5.41, 5.74) is 6.27. The van der Waals surface area contributed by atoms with Crippen LogP contribution in [0.2, 0.25) is 5.02 Å². The second kappa shape index (κ2) is 5.37.